The van der Waals surface area contributed by atoms with Gasteiger partial charge in [0.15, 0.2) is 11.5 Å². The predicted molar refractivity (Wildman–Crippen MR) is 68.6 cm³/mol. The summed E-state index contributed by atoms with van der Waals surface area (Å²) in [5.74, 6) is -0.0218. The minimum Gasteiger partial charge on any atom is -0.502 e. The largest absolute Gasteiger partial charge is 0.502 e. The molecule has 4 nitrogen and oxygen atoms in total. The molecule has 0 saturated carbocycles. The number of benzene rings is 1. The first kappa shape index (κ1) is 12.0. The highest BCUT2D eigenvalue weighted by Gasteiger charge is 2.09. The third-order valence-corrected chi connectivity index (χ3v) is 2.37. The Balaban J connectivity index is 2.38. The number of aromatic hydroxyl groups is 1. The molecule has 0 aliphatic heterocycles. The third-order valence-electron chi connectivity index (χ3n) is 2.37. The number of ether oxygens (including phenoxy) is 1. The van der Waals surface area contributed by atoms with Gasteiger partial charge >= 0.3 is 5.63 Å². The molecule has 0 spiro atoms. The molecule has 0 aliphatic rings. The zero-order valence-electron chi connectivity index (χ0n) is 9.79. The number of rotatable bonds is 3. The van der Waals surface area contributed by atoms with E-state index >= 15 is 0 Å². The molecule has 0 aliphatic carbocycles. The van der Waals surface area contributed by atoms with Gasteiger partial charge in [-0.3, -0.25) is 0 Å². The van der Waals surface area contributed by atoms with Crippen LogP contribution in [0.2, 0.25) is 0 Å². The van der Waals surface area contributed by atoms with Crippen molar-refractivity contribution in [2.75, 3.05) is 7.11 Å². The zero-order valence-corrected chi connectivity index (χ0v) is 9.79. The summed E-state index contributed by atoms with van der Waals surface area (Å²) in [7, 11) is 1.37. The van der Waals surface area contributed by atoms with Crippen LogP contribution in [0.4, 0.5) is 0 Å². The van der Waals surface area contributed by atoms with Gasteiger partial charge in [-0.25, -0.2) is 4.79 Å². The Hall–Kier alpha value is -2.49. The molecule has 2 rings (SSSR count). The van der Waals surface area contributed by atoms with Crippen molar-refractivity contribution in [3.8, 4) is 11.5 Å². The van der Waals surface area contributed by atoms with E-state index in [0.717, 1.165) is 11.6 Å². The van der Waals surface area contributed by atoms with Crippen LogP contribution in [0, 0.1) is 0 Å². The van der Waals surface area contributed by atoms with E-state index in [4.69, 9.17) is 9.15 Å². The first-order valence-corrected chi connectivity index (χ1v) is 5.35. The van der Waals surface area contributed by atoms with E-state index in [1.807, 2.05) is 30.3 Å². The van der Waals surface area contributed by atoms with Crippen molar-refractivity contribution in [1.29, 1.82) is 0 Å². The minimum absolute atomic E-state index is 0.0724. The van der Waals surface area contributed by atoms with Crippen LogP contribution in [0.15, 0.2) is 45.6 Å². The van der Waals surface area contributed by atoms with Crippen LogP contribution in [0.5, 0.6) is 11.5 Å². The summed E-state index contributed by atoms with van der Waals surface area (Å²) in [6, 6.07) is 10.6. The topological polar surface area (TPSA) is 59.7 Å². The van der Waals surface area contributed by atoms with E-state index in [1.165, 1.54) is 13.2 Å². The van der Waals surface area contributed by atoms with E-state index in [2.05, 4.69) is 0 Å². The normalized spacial score (nSPS) is 10.7. The molecular weight excluding hydrogens is 232 g/mol. The number of methoxy groups -OCH3 is 1. The summed E-state index contributed by atoms with van der Waals surface area (Å²) in [6.45, 7) is 0. The van der Waals surface area contributed by atoms with Gasteiger partial charge in [0.05, 0.1) is 13.2 Å². The third kappa shape index (κ3) is 2.60. The Kier molecular flexibility index (Phi) is 3.48. The van der Waals surface area contributed by atoms with Crippen molar-refractivity contribution in [2.45, 2.75) is 0 Å². The average Bonchev–Trinajstić information content (AvgIpc) is 2.40. The zero-order chi connectivity index (χ0) is 13.0. The minimum atomic E-state index is -0.572. The maximum Gasteiger partial charge on any atom is 0.340 e. The Morgan fingerprint density at radius 1 is 1.22 bits per heavy atom. The van der Waals surface area contributed by atoms with Crippen LogP contribution in [-0.2, 0) is 0 Å². The summed E-state index contributed by atoms with van der Waals surface area (Å²) in [4.78, 5) is 11.2. The van der Waals surface area contributed by atoms with Crippen molar-refractivity contribution >= 4 is 12.2 Å². The van der Waals surface area contributed by atoms with Gasteiger partial charge in [-0.05, 0) is 11.6 Å². The molecule has 1 aromatic heterocycles. The Morgan fingerprint density at radius 2 is 1.94 bits per heavy atom. The molecular formula is C14H12O4. The highest BCUT2D eigenvalue weighted by molar-refractivity contribution is 5.70. The highest BCUT2D eigenvalue weighted by atomic mass is 16.5. The number of hydrogen-bond acceptors (Lipinski definition) is 4. The molecule has 0 unspecified atom stereocenters. The van der Waals surface area contributed by atoms with Crippen molar-refractivity contribution in [3.05, 3.63) is 58.1 Å². The summed E-state index contributed by atoms with van der Waals surface area (Å²) in [5.41, 5.74) is 0.361. The van der Waals surface area contributed by atoms with E-state index in [1.54, 1.807) is 6.08 Å². The van der Waals surface area contributed by atoms with Gasteiger partial charge in [0.1, 0.15) is 0 Å². The van der Waals surface area contributed by atoms with Crippen molar-refractivity contribution in [2.24, 2.45) is 0 Å². The Morgan fingerprint density at radius 3 is 2.61 bits per heavy atom. The molecule has 2 aromatic rings. The van der Waals surface area contributed by atoms with Crippen LogP contribution < -0.4 is 10.4 Å². The molecule has 92 valence electrons. The molecule has 0 amide bonds. The van der Waals surface area contributed by atoms with E-state index in [-0.39, 0.29) is 17.3 Å². The quantitative estimate of drug-likeness (QED) is 0.901. The first-order chi connectivity index (χ1) is 8.70. The average molecular weight is 244 g/mol. The van der Waals surface area contributed by atoms with E-state index < -0.39 is 5.63 Å². The monoisotopic (exact) mass is 244 g/mol. The van der Waals surface area contributed by atoms with Crippen LogP contribution in [-0.4, -0.2) is 12.2 Å². The van der Waals surface area contributed by atoms with Gasteiger partial charge in [-0.1, -0.05) is 36.4 Å². The lowest BCUT2D eigenvalue weighted by atomic mass is 10.2. The van der Waals surface area contributed by atoms with Gasteiger partial charge < -0.3 is 14.3 Å². The fraction of sp³-hybridized carbons (Fsp3) is 0.0714. The second kappa shape index (κ2) is 5.23. The molecule has 1 N–H and O–H groups in total. The molecule has 18 heavy (non-hydrogen) atoms. The van der Waals surface area contributed by atoms with Crippen LogP contribution in [0.3, 0.4) is 0 Å². The van der Waals surface area contributed by atoms with Gasteiger partial charge in [0.2, 0.25) is 5.75 Å². The lowest BCUT2D eigenvalue weighted by Crippen LogP contribution is -1.99. The summed E-state index contributed by atoms with van der Waals surface area (Å²) >= 11 is 0. The Labute approximate surface area is 104 Å². The molecule has 0 saturated heterocycles. The standard InChI is InChI=1S/C14H12O4/c1-17-12-9-13(15)18-11(14(12)16)8-7-10-5-3-2-4-6-10/h2-9,16H,1H3/b8-7+. The second-order valence-electron chi connectivity index (χ2n) is 3.59. The molecule has 0 fully saturated rings. The molecule has 0 radical (unpaired) electrons. The van der Waals surface area contributed by atoms with Crippen LogP contribution >= 0.6 is 0 Å². The number of hydrogen-bond donors (Lipinski definition) is 1. The van der Waals surface area contributed by atoms with Crippen molar-refractivity contribution < 1.29 is 14.3 Å². The Bertz CT molecular complexity index is 611. The maximum atomic E-state index is 11.2. The van der Waals surface area contributed by atoms with E-state index in [0.29, 0.717) is 0 Å². The van der Waals surface area contributed by atoms with Gasteiger partial charge in [-0.2, -0.15) is 0 Å². The van der Waals surface area contributed by atoms with Crippen LogP contribution in [0.25, 0.3) is 12.2 Å². The summed E-state index contributed by atoms with van der Waals surface area (Å²) in [5, 5.41) is 9.78. The van der Waals surface area contributed by atoms with E-state index in [9.17, 15) is 9.90 Å². The lowest BCUT2D eigenvalue weighted by molar-refractivity contribution is 0.348. The fourth-order valence-corrected chi connectivity index (χ4v) is 1.49. The SMILES string of the molecule is COc1cc(=O)oc(/C=C/c2ccccc2)c1O. The van der Waals surface area contributed by atoms with Gasteiger partial charge in [0, 0.05) is 0 Å². The lowest BCUT2D eigenvalue weighted by Gasteiger charge is -2.03. The molecule has 4 heteroatoms. The van der Waals surface area contributed by atoms with Gasteiger partial charge in [0.25, 0.3) is 0 Å². The van der Waals surface area contributed by atoms with Crippen molar-refractivity contribution in [1.82, 2.24) is 0 Å². The first-order valence-electron chi connectivity index (χ1n) is 5.35. The maximum absolute atomic E-state index is 11.2. The molecule has 0 bridgehead atoms. The summed E-state index contributed by atoms with van der Waals surface area (Å²) < 4.78 is 9.77. The highest BCUT2D eigenvalue weighted by Crippen LogP contribution is 2.28. The smallest absolute Gasteiger partial charge is 0.340 e. The van der Waals surface area contributed by atoms with Crippen molar-refractivity contribution in [3.63, 3.8) is 0 Å². The van der Waals surface area contributed by atoms with Crippen LogP contribution in [0.1, 0.15) is 11.3 Å². The second-order valence-corrected chi connectivity index (χ2v) is 3.59. The van der Waals surface area contributed by atoms with Gasteiger partial charge in [-0.15, -0.1) is 0 Å². The molecule has 0 atom stereocenters. The summed E-state index contributed by atoms with van der Waals surface area (Å²) in [6.07, 6.45) is 3.26. The molecule has 1 aromatic carbocycles. The predicted octanol–water partition coefficient (Wildman–Crippen LogP) is 2.52. The fourth-order valence-electron chi connectivity index (χ4n) is 1.49. The molecule has 1 heterocycles.